The molecule has 0 aliphatic heterocycles. The molecule has 2 aromatic carbocycles. The molecule has 25 heavy (non-hydrogen) atoms. The zero-order valence-electron chi connectivity index (χ0n) is 14.4. The van der Waals surface area contributed by atoms with Crippen molar-refractivity contribution in [2.24, 2.45) is 0 Å². The average molecular weight is 445 g/mol. The molecule has 0 aliphatic rings. The van der Waals surface area contributed by atoms with E-state index in [2.05, 4.69) is 21.2 Å². The van der Waals surface area contributed by atoms with Crippen molar-refractivity contribution in [2.45, 2.75) is 33.6 Å². The molecule has 3 nitrogen and oxygen atoms in total. The van der Waals surface area contributed by atoms with Gasteiger partial charge >= 0.3 is 0 Å². The molecule has 1 N–H and O–H groups in total. The van der Waals surface area contributed by atoms with Gasteiger partial charge in [-0.25, -0.2) is 0 Å². The lowest BCUT2D eigenvalue weighted by Gasteiger charge is -2.13. The highest BCUT2D eigenvalue weighted by Crippen LogP contribution is 2.35. The topological polar surface area (TPSA) is 38.3 Å². The van der Waals surface area contributed by atoms with Crippen molar-refractivity contribution < 1.29 is 9.53 Å². The van der Waals surface area contributed by atoms with Crippen molar-refractivity contribution in [3.63, 3.8) is 0 Å². The Hall–Kier alpha value is -1.23. The molecule has 0 fully saturated rings. The fraction of sp³-hybridized carbons (Fsp3) is 0.316. The first-order chi connectivity index (χ1) is 11.8. The van der Waals surface area contributed by atoms with Crippen LogP contribution in [0, 0.1) is 20.8 Å². The van der Waals surface area contributed by atoms with Crippen LogP contribution in [0.2, 0.25) is 10.0 Å². The van der Waals surface area contributed by atoms with Crippen LogP contribution in [-0.4, -0.2) is 12.5 Å². The summed E-state index contributed by atoms with van der Waals surface area (Å²) in [5, 5.41) is 4.28. The third kappa shape index (κ3) is 5.37. The summed E-state index contributed by atoms with van der Waals surface area (Å²) in [6, 6.07) is 7.29. The maximum Gasteiger partial charge on any atom is 0.224 e. The highest BCUT2D eigenvalue weighted by Gasteiger charge is 2.11. The number of anilines is 1. The fourth-order valence-electron chi connectivity index (χ4n) is 2.40. The Morgan fingerprint density at radius 1 is 1.16 bits per heavy atom. The Morgan fingerprint density at radius 2 is 1.88 bits per heavy atom. The van der Waals surface area contributed by atoms with Crippen molar-refractivity contribution in [2.75, 3.05) is 11.9 Å². The summed E-state index contributed by atoms with van der Waals surface area (Å²) in [7, 11) is 0. The van der Waals surface area contributed by atoms with Crippen molar-refractivity contribution in [3.05, 3.63) is 55.5 Å². The fourth-order valence-corrected chi connectivity index (χ4v) is 3.32. The molecule has 0 unspecified atom stereocenters. The summed E-state index contributed by atoms with van der Waals surface area (Å²) < 4.78 is 6.64. The van der Waals surface area contributed by atoms with Crippen molar-refractivity contribution >= 4 is 50.7 Å². The molecular weight excluding hydrogens is 425 g/mol. The van der Waals surface area contributed by atoms with Gasteiger partial charge < -0.3 is 10.1 Å². The van der Waals surface area contributed by atoms with Crippen LogP contribution in [0.4, 0.5) is 5.69 Å². The molecule has 0 atom stereocenters. The summed E-state index contributed by atoms with van der Waals surface area (Å²) in [6.45, 7) is 6.24. The van der Waals surface area contributed by atoms with Gasteiger partial charge in [-0.05, 0) is 84.1 Å². The van der Waals surface area contributed by atoms with Gasteiger partial charge in [0.2, 0.25) is 5.91 Å². The Balaban J connectivity index is 1.84. The van der Waals surface area contributed by atoms with Gasteiger partial charge in [0.05, 0.1) is 11.1 Å². The largest absolute Gasteiger partial charge is 0.492 e. The Bertz CT molecular complexity index is 793. The quantitative estimate of drug-likeness (QED) is 0.517. The Morgan fingerprint density at radius 3 is 2.56 bits per heavy atom. The molecule has 134 valence electrons. The number of carbonyl (C=O) groups excluding carboxylic acids is 1. The molecule has 6 heteroatoms. The number of aryl methyl sites for hydroxylation is 2. The molecule has 0 heterocycles. The van der Waals surface area contributed by atoms with Gasteiger partial charge in [0.1, 0.15) is 5.75 Å². The third-order valence-corrected chi connectivity index (χ3v) is 5.64. The van der Waals surface area contributed by atoms with Gasteiger partial charge in [0.25, 0.3) is 0 Å². The highest BCUT2D eigenvalue weighted by molar-refractivity contribution is 9.10. The van der Waals surface area contributed by atoms with Crippen LogP contribution in [0.25, 0.3) is 0 Å². The third-order valence-electron chi connectivity index (χ3n) is 3.84. The summed E-state index contributed by atoms with van der Waals surface area (Å²) in [6.07, 6.45) is 0.997. The monoisotopic (exact) mass is 443 g/mol. The lowest BCUT2D eigenvalue weighted by Crippen LogP contribution is -2.13. The Kier molecular flexibility index (Phi) is 7.17. The van der Waals surface area contributed by atoms with E-state index < -0.39 is 0 Å². The van der Waals surface area contributed by atoms with E-state index in [0.717, 1.165) is 37.6 Å². The van der Waals surface area contributed by atoms with E-state index in [4.69, 9.17) is 27.9 Å². The number of amides is 1. The average Bonchev–Trinajstić information content (AvgIpc) is 2.56. The first-order valence-electron chi connectivity index (χ1n) is 7.93. The van der Waals surface area contributed by atoms with E-state index in [1.807, 2.05) is 39.0 Å². The molecule has 2 rings (SSSR count). The van der Waals surface area contributed by atoms with Crippen molar-refractivity contribution in [3.8, 4) is 5.75 Å². The first kappa shape index (κ1) is 20.1. The summed E-state index contributed by atoms with van der Waals surface area (Å²) >= 11 is 15.6. The zero-order valence-corrected chi connectivity index (χ0v) is 17.5. The maximum atomic E-state index is 12.1. The molecule has 0 radical (unpaired) electrons. The van der Waals surface area contributed by atoms with Crippen LogP contribution in [0.1, 0.15) is 29.5 Å². The van der Waals surface area contributed by atoms with Crippen LogP contribution in [0.15, 0.2) is 28.7 Å². The van der Waals surface area contributed by atoms with Gasteiger partial charge in [0.15, 0.2) is 0 Å². The second-order valence-corrected chi connectivity index (χ2v) is 7.51. The van der Waals surface area contributed by atoms with Gasteiger partial charge in [-0.1, -0.05) is 23.2 Å². The number of hydrogen-bond donors (Lipinski definition) is 1. The van der Waals surface area contributed by atoms with Gasteiger partial charge in [0, 0.05) is 22.2 Å². The molecular formula is C19H20BrCl2NO2. The number of hydrogen-bond acceptors (Lipinski definition) is 2. The van der Waals surface area contributed by atoms with Crippen LogP contribution >= 0.6 is 39.1 Å². The smallest absolute Gasteiger partial charge is 0.224 e. The van der Waals surface area contributed by atoms with Crippen molar-refractivity contribution in [1.82, 2.24) is 0 Å². The van der Waals surface area contributed by atoms with Crippen LogP contribution in [0.5, 0.6) is 5.75 Å². The second kappa shape index (κ2) is 8.93. The van der Waals surface area contributed by atoms with E-state index in [9.17, 15) is 4.79 Å². The number of benzene rings is 2. The lowest BCUT2D eigenvalue weighted by atomic mass is 10.1. The second-order valence-electron chi connectivity index (χ2n) is 5.90. The van der Waals surface area contributed by atoms with Gasteiger partial charge in [-0.3, -0.25) is 4.79 Å². The number of nitrogens with one attached hydrogen (secondary N) is 1. The SMILES string of the molecule is Cc1cc(Cl)ccc1NC(=O)CCCOc1cc(C)c(Cl)c(C)c1Br. The zero-order chi connectivity index (χ0) is 18.6. The van der Waals surface area contributed by atoms with E-state index in [1.165, 1.54) is 0 Å². The van der Waals surface area contributed by atoms with Gasteiger partial charge in [-0.2, -0.15) is 0 Å². The lowest BCUT2D eigenvalue weighted by molar-refractivity contribution is -0.116. The molecule has 0 saturated carbocycles. The summed E-state index contributed by atoms with van der Waals surface area (Å²) in [5.74, 6) is 0.699. The van der Waals surface area contributed by atoms with Crippen molar-refractivity contribution in [1.29, 1.82) is 0 Å². The summed E-state index contributed by atoms with van der Waals surface area (Å²) in [5.41, 5.74) is 3.64. The Labute approximate surface area is 166 Å². The van der Waals surface area contributed by atoms with E-state index in [1.54, 1.807) is 6.07 Å². The minimum atomic E-state index is -0.0449. The van der Waals surface area contributed by atoms with Crippen LogP contribution < -0.4 is 10.1 Å². The molecule has 0 spiro atoms. The maximum absolute atomic E-state index is 12.1. The standard InChI is InChI=1S/C19H20BrCl2NO2/c1-11-9-14(21)6-7-15(11)23-17(24)5-4-8-25-16-10-12(2)19(22)13(3)18(16)20/h6-7,9-10H,4-5,8H2,1-3H3,(H,23,24). The molecule has 0 aromatic heterocycles. The van der Waals surface area contributed by atoms with Crippen LogP contribution in [0.3, 0.4) is 0 Å². The van der Waals surface area contributed by atoms with Crippen LogP contribution in [-0.2, 0) is 4.79 Å². The predicted molar refractivity (Wildman–Crippen MR) is 108 cm³/mol. The first-order valence-corrected chi connectivity index (χ1v) is 9.48. The minimum absolute atomic E-state index is 0.0449. The van der Waals surface area contributed by atoms with E-state index >= 15 is 0 Å². The van der Waals surface area contributed by atoms with E-state index in [0.29, 0.717) is 24.5 Å². The molecule has 2 aromatic rings. The highest BCUT2D eigenvalue weighted by atomic mass is 79.9. The normalized spacial score (nSPS) is 10.6. The molecule has 0 saturated heterocycles. The van der Waals surface area contributed by atoms with E-state index in [-0.39, 0.29) is 5.91 Å². The minimum Gasteiger partial charge on any atom is -0.492 e. The number of rotatable bonds is 6. The molecule has 0 aliphatic carbocycles. The predicted octanol–water partition coefficient (Wildman–Crippen LogP) is 6.48. The number of carbonyl (C=O) groups is 1. The molecule has 0 bridgehead atoms. The summed E-state index contributed by atoms with van der Waals surface area (Å²) in [4.78, 5) is 12.1. The molecule has 1 amide bonds. The van der Waals surface area contributed by atoms with Gasteiger partial charge in [-0.15, -0.1) is 0 Å². The number of ether oxygens (including phenoxy) is 1. The number of halogens is 3.